The predicted octanol–water partition coefficient (Wildman–Crippen LogP) is 2.60. The maximum Gasteiger partial charge on any atom is 0.303 e. The Morgan fingerprint density at radius 3 is 2.33 bits per heavy atom. The molecule has 0 heterocycles. The van der Waals surface area contributed by atoms with E-state index in [2.05, 4.69) is 4.72 Å². The molecule has 100 valence electrons. The van der Waals surface area contributed by atoms with Crippen LogP contribution in [0.3, 0.4) is 0 Å². The van der Waals surface area contributed by atoms with E-state index in [0.29, 0.717) is 0 Å². The topological polar surface area (TPSA) is 83.5 Å². The van der Waals surface area contributed by atoms with Gasteiger partial charge in [0, 0.05) is 6.42 Å². The molecule has 0 spiro atoms. The Bertz CT molecular complexity index is 525. The fraction of sp³-hybridized carbons (Fsp3) is 0.300. The van der Waals surface area contributed by atoms with Gasteiger partial charge >= 0.3 is 5.97 Å². The minimum atomic E-state index is -3.66. The molecule has 1 aromatic rings. The molecular formula is C10H11Cl2NO4S. The lowest BCUT2D eigenvalue weighted by Crippen LogP contribution is -2.18. The number of nitrogens with one attached hydrogen (secondary N) is 1. The van der Waals surface area contributed by atoms with Crippen LogP contribution in [0.25, 0.3) is 0 Å². The van der Waals surface area contributed by atoms with Crippen molar-refractivity contribution in [3.63, 3.8) is 0 Å². The van der Waals surface area contributed by atoms with Gasteiger partial charge in [-0.1, -0.05) is 29.3 Å². The Morgan fingerprint density at radius 1 is 1.28 bits per heavy atom. The second kappa shape index (κ2) is 6.26. The molecule has 1 aromatic carbocycles. The van der Waals surface area contributed by atoms with E-state index in [0.717, 1.165) is 0 Å². The predicted molar refractivity (Wildman–Crippen MR) is 70.7 cm³/mol. The van der Waals surface area contributed by atoms with E-state index in [9.17, 15) is 13.2 Å². The van der Waals surface area contributed by atoms with E-state index >= 15 is 0 Å². The first-order valence-electron chi connectivity index (χ1n) is 4.98. The molecule has 0 aliphatic heterocycles. The Balaban J connectivity index is 2.74. The zero-order chi connectivity index (χ0) is 13.8. The first kappa shape index (κ1) is 15.1. The lowest BCUT2D eigenvalue weighted by molar-refractivity contribution is -0.137. The second-order valence-corrected chi connectivity index (χ2v) is 6.17. The molecule has 0 saturated carbocycles. The normalized spacial score (nSPS) is 11.2. The van der Waals surface area contributed by atoms with E-state index in [4.69, 9.17) is 28.3 Å². The fourth-order valence-electron chi connectivity index (χ4n) is 1.22. The molecule has 0 unspecified atom stereocenters. The highest BCUT2D eigenvalue weighted by Crippen LogP contribution is 2.30. The third-order valence-corrected chi connectivity index (χ3v) is 4.00. The number of carboxylic acids is 1. The van der Waals surface area contributed by atoms with Crippen LogP contribution >= 0.6 is 23.2 Å². The quantitative estimate of drug-likeness (QED) is 0.845. The minimum absolute atomic E-state index is 0.0206. The number of para-hydroxylation sites is 1. The SMILES string of the molecule is O=C(O)CCCS(=O)(=O)Nc1c(Cl)cccc1Cl. The van der Waals surface area contributed by atoms with Gasteiger partial charge in [0.25, 0.3) is 0 Å². The van der Waals surface area contributed by atoms with Crippen molar-refractivity contribution < 1.29 is 18.3 Å². The molecule has 5 nitrogen and oxygen atoms in total. The largest absolute Gasteiger partial charge is 0.481 e. The van der Waals surface area contributed by atoms with Crippen molar-refractivity contribution in [2.45, 2.75) is 12.8 Å². The molecule has 0 saturated heterocycles. The standard InChI is InChI=1S/C10H11Cl2NO4S/c11-7-3-1-4-8(12)10(7)13-18(16,17)6-2-5-9(14)15/h1,3-4,13H,2,5-6H2,(H,14,15). The third kappa shape index (κ3) is 4.72. The number of sulfonamides is 1. The van der Waals surface area contributed by atoms with E-state index in [-0.39, 0.29) is 34.3 Å². The molecular weight excluding hydrogens is 301 g/mol. The minimum Gasteiger partial charge on any atom is -0.481 e. The Kier molecular flexibility index (Phi) is 5.25. The van der Waals surface area contributed by atoms with Crippen LogP contribution in [0.4, 0.5) is 5.69 Å². The van der Waals surface area contributed by atoms with Crippen LogP contribution in [0.1, 0.15) is 12.8 Å². The summed E-state index contributed by atoms with van der Waals surface area (Å²) in [5.41, 5.74) is 0.108. The van der Waals surface area contributed by atoms with Crippen LogP contribution in [0.5, 0.6) is 0 Å². The lowest BCUT2D eigenvalue weighted by Gasteiger charge is -2.10. The number of carbonyl (C=O) groups is 1. The van der Waals surface area contributed by atoms with Gasteiger partial charge in [0.2, 0.25) is 10.0 Å². The summed E-state index contributed by atoms with van der Waals surface area (Å²) >= 11 is 11.6. The van der Waals surface area contributed by atoms with Crippen LogP contribution < -0.4 is 4.72 Å². The van der Waals surface area contributed by atoms with E-state index in [1.807, 2.05) is 0 Å². The summed E-state index contributed by atoms with van der Waals surface area (Å²) < 4.78 is 25.6. The number of anilines is 1. The van der Waals surface area contributed by atoms with Gasteiger partial charge in [-0.3, -0.25) is 9.52 Å². The summed E-state index contributed by atoms with van der Waals surface area (Å²) in [5, 5.41) is 8.80. The highest BCUT2D eigenvalue weighted by Gasteiger charge is 2.15. The number of hydrogen-bond donors (Lipinski definition) is 2. The number of halogens is 2. The van der Waals surface area contributed by atoms with Crippen LogP contribution in [-0.4, -0.2) is 25.2 Å². The zero-order valence-electron chi connectivity index (χ0n) is 9.19. The summed E-state index contributed by atoms with van der Waals surface area (Å²) in [4.78, 5) is 10.3. The van der Waals surface area contributed by atoms with Crippen molar-refractivity contribution in [1.82, 2.24) is 0 Å². The summed E-state index contributed by atoms with van der Waals surface area (Å²) in [7, 11) is -3.66. The van der Waals surface area contributed by atoms with Gasteiger partial charge in [-0.2, -0.15) is 0 Å². The Labute approximate surface area is 115 Å². The van der Waals surface area contributed by atoms with Gasteiger partial charge in [0.05, 0.1) is 21.5 Å². The van der Waals surface area contributed by atoms with Gasteiger partial charge in [0.15, 0.2) is 0 Å². The average molecular weight is 312 g/mol. The smallest absolute Gasteiger partial charge is 0.303 e. The molecule has 0 atom stereocenters. The van der Waals surface area contributed by atoms with Gasteiger partial charge in [-0.15, -0.1) is 0 Å². The molecule has 18 heavy (non-hydrogen) atoms. The summed E-state index contributed by atoms with van der Waals surface area (Å²) in [6.07, 6.45) is -0.191. The monoisotopic (exact) mass is 311 g/mol. The van der Waals surface area contributed by atoms with Crippen LogP contribution in [0.2, 0.25) is 10.0 Å². The maximum absolute atomic E-state index is 11.7. The summed E-state index contributed by atoms with van der Waals surface area (Å²) in [6, 6.07) is 4.60. The molecule has 0 aliphatic rings. The van der Waals surface area contributed by atoms with E-state index in [1.54, 1.807) is 6.07 Å². The number of carboxylic acid groups (broad SMARTS) is 1. The first-order chi connectivity index (χ1) is 8.32. The first-order valence-corrected chi connectivity index (χ1v) is 7.39. The summed E-state index contributed by atoms with van der Waals surface area (Å²) in [5.74, 6) is -1.35. The van der Waals surface area contributed by atoms with E-state index in [1.165, 1.54) is 12.1 Å². The van der Waals surface area contributed by atoms with Gasteiger partial charge in [-0.25, -0.2) is 8.42 Å². The maximum atomic E-state index is 11.7. The molecule has 2 N–H and O–H groups in total. The number of hydrogen-bond acceptors (Lipinski definition) is 3. The van der Waals surface area contributed by atoms with Gasteiger partial charge in [0.1, 0.15) is 0 Å². The summed E-state index contributed by atoms with van der Waals surface area (Å²) in [6.45, 7) is 0. The zero-order valence-corrected chi connectivity index (χ0v) is 11.5. The van der Waals surface area contributed by atoms with Gasteiger partial charge < -0.3 is 5.11 Å². The van der Waals surface area contributed by atoms with Crippen molar-refractivity contribution >= 4 is 44.9 Å². The van der Waals surface area contributed by atoms with Crippen LogP contribution in [0.15, 0.2) is 18.2 Å². The molecule has 0 bridgehead atoms. The molecule has 0 aromatic heterocycles. The lowest BCUT2D eigenvalue weighted by atomic mass is 10.3. The van der Waals surface area contributed by atoms with E-state index < -0.39 is 16.0 Å². The molecule has 0 amide bonds. The number of aliphatic carboxylic acids is 1. The van der Waals surface area contributed by atoms with Crippen molar-refractivity contribution in [1.29, 1.82) is 0 Å². The molecule has 8 heteroatoms. The van der Waals surface area contributed by atoms with Crippen molar-refractivity contribution in [2.75, 3.05) is 10.5 Å². The Hall–Kier alpha value is -0.980. The highest BCUT2D eigenvalue weighted by molar-refractivity contribution is 7.92. The molecule has 0 fully saturated rings. The highest BCUT2D eigenvalue weighted by atomic mass is 35.5. The van der Waals surface area contributed by atoms with Crippen molar-refractivity contribution in [3.8, 4) is 0 Å². The van der Waals surface area contributed by atoms with Crippen LogP contribution in [0, 0.1) is 0 Å². The Morgan fingerprint density at radius 2 is 1.83 bits per heavy atom. The molecule has 0 aliphatic carbocycles. The number of rotatable bonds is 6. The van der Waals surface area contributed by atoms with Crippen LogP contribution in [-0.2, 0) is 14.8 Å². The third-order valence-electron chi connectivity index (χ3n) is 2.02. The van der Waals surface area contributed by atoms with Crippen molar-refractivity contribution in [3.05, 3.63) is 28.2 Å². The van der Waals surface area contributed by atoms with Crippen molar-refractivity contribution in [2.24, 2.45) is 0 Å². The molecule has 1 rings (SSSR count). The second-order valence-electron chi connectivity index (χ2n) is 3.51. The number of benzene rings is 1. The molecule has 0 radical (unpaired) electrons. The average Bonchev–Trinajstić information content (AvgIpc) is 2.23. The fourth-order valence-corrected chi connectivity index (χ4v) is 2.98. The van der Waals surface area contributed by atoms with Gasteiger partial charge in [-0.05, 0) is 18.6 Å².